The van der Waals surface area contributed by atoms with Crippen LogP contribution in [0.15, 0.2) is 28.7 Å². The Kier molecular flexibility index (Phi) is 4.22. The molecule has 2 aromatic rings. The van der Waals surface area contributed by atoms with E-state index in [2.05, 4.69) is 14.8 Å². The molecular formula is C17H23N3O3S. The van der Waals surface area contributed by atoms with Crippen LogP contribution in [0.25, 0.3) is 11.1 Å². The number of sulfone groups is 1. The number of oxazole rings is 1. The first-order valence-electron chi connectivity index (χ1n) is 8.62. The Balaban J connectivity index is 1.32. The van der Waals surface area contributed by atoms with Gasteiger partial charge in [0, 0.05) is 32.7 Å². The molecule has 2 saturated heterocycles. The molecule has 0 N–H and O–H groups in total. The maximum absolute atomic E-state index is 11.5. The molecule has 7 heteroatoms. The summed E-state index contributed by atoms with van der Waals surface area (Å²) in [6.45, 7) is 4.76. The number of anilines is 1. The van der Waals surface area contributed by atoms with Crippen molar-refractivity contribution >= 4 is 27.0 Å². The fourth-order valence-corrected chi connectivity index (χ4v) is 5.19. The van der Waals surface area contributed by atoms with Gasteiger partial charge < -0.3 is 9.32 Å². The van der Waals surface area contributed by atoms with Gasteiger partial charge in [-0.05, 0) is 30.9 Å². The van der Waals surface area contributed by atoms with Crippen LogP contribution in [0, 0.1) is 5.92 Å². The quantitative estimate of drug-likeness (QED) is 0.841. The molecule has 24 heavy (non-hydrogen) atoms. The third kappa shape index (κ3) is 3.42. The minimum atomic E-state index is -2.76. The van der Waals surface area contributed by atoms with Gasteiger partial charge in [-0.25, -0.2) is 8.42 Å². The van der Waals surface area contributed by atoms with Crippen molar-refractivity contribution in [2.75, 3.05) is 49.1 Å². The molecule has 130 valence electrons. The zero-order valence-electron chi connectivity index (χ0n) is 13.7. The Morgan fingerprint density at radius 2 is 1.79 bits per heavy atom. The molecular weight excluding hydrogens is 326 g/mol. The Hall–Kier alpha value is -1.60. The smallest absolute Gasteiger partial charge is 0.298 e. The molecule has 4 rings (SSSR count). The number of rotatable bonds is 3. The number of aromatic nitrogens is 1. The van der Waals surface area contributed by atoms with Crippen LogP contribution in [-0.4, -0.2) is 62.5 Å². The van der Waals surface area contributed by atoms with Crippen LogP contribution >= 0.6 is 0 Å². The predicted molar refractivity (Wildman–Crippen MR) is 94.0 cm³/mol. The Bertz CT molecular complexity index is 762. The Labute approximate surface area is 142 Å². The SMILES string of the molecule is O=S1(=O)CCC(CN2CCN(c3nc4ccccc4o3)CC2)CC1. The summed E-state index contributed by atoms with van der Waals surface area (Å²) in [7, 11) is -2.76. The molecule has 1 aromatic heterocycles. The van der Waals surface area contributed by atoms with E-state index >= 15 is 0 Å². The van der Waals surface area contributed by atoms with Gasteiger partial charge in [0.15, 0.2) is 5.58 Å². The lowest BCUT2D eigenvalue weighted by Crippen LogP contribution is -2.48. The number of piperazine rings is 1. The summed E-state index contributed by atoms with van der Waals surface area (Å²) in [5, 5.41) is 0. The van der Waals surface area contributed by atoms with E-state index in [0.29, 0.717) is 23.4 Å². The van der Waals surface area contributed by atoms with Crippen molar-refractivity contribution in [3.63, 3.8) is 0 Å². The van der Waals surface area contributed by atoms with Gasteiger partial charge in [-0.15, -0.1) is 0 Å². The standard InChI is InChI=1S/C17H23N3O3S/c21-24(22)11-5-14(6-12-24)13-19-7-9-20(10-8-19)17-18-15-3-1-2-4-16(15)23-17/h1-4,14H,5-13H2. The van der Waals surface area contributed by atoms with Crippen molar-refractivity contribution in [1.29, 1.82) is 0 Å². The van der Waals surface area contributed by atoms with Crippen LogP contribution in [-0.2, 0) is 9.84 Å². The number of fused-ring (bicyclic) bond motifs is 1. The molecule has 0 atom stereocenters. The summed E-state index contributed by atoms with van der Waals surface area (Å²) >= 11 is 0. The summed E-state index contributed by atoms with van der Waals surface area (Å²) < 4.78 is 28.9. The van der Waals surface area contributed by atoms with E-state index in [1.54, 1.807) is 0 Å². The number of para-hydroxylation sites is 2. The van der Waals surface area contributed by atoms with Crippen molar-refractivity contribution in [1.82, 2.24) is 9.88 Å². The van der Waals surface area contributed by atoms with Crippen molar-refractivity contribution in [2.24, 2.45) is 5.92 Å². The first-order valence-corrected chi connectivity index (χ1v) is 10.4. The summed E-state index contributed by atoms with van der Waals surface area (Å²) in [6, 6.07) is 8.55. The lowest BCUT2D eigenvalue weighted by atomic mass is 10.0. The van der Waals surface area contributed by atoms with Gasteiger partial charge in [-0.1, -0.05) is 12.1 Å². The van der Waals surface area contributed by atoms with Crippen molar-refractivity contribution < 1.29 is 12.8 Å². The fraction of sp³-hybridized carbons (Fsp3) is 0.588. The van der Waals surface area contributed by atoms with Gasteiger partial charge in [0.05, 0.1) is 11.5 Å². The average molecular weight is 349 g/mol. The van der Waals surface area contributed by atoms with Crippen molar-refractivity contribution in [2.45, 2.75) is 12.8 Å². The van der Waals surface area contributed by atoms with Gasteiger partial charge >= 0.3 is 0 Å². The molecule has 0 radical (unpaired) electrons. The largest absolute Gasteiger partial charge is 0.423 e. The summed E-state index contributed by atoms with van der Waals surface area (Å²) in [5.74, 6) is 1.24. The molecule has 1 aromatic carbocycles. The number of benzene rings is 1. The second kappa shape index (κ2) is 6.37. The van der Waals surface area contributed by atoms with Gasteiger partial charge in [-0.2, -0.15) is 4.98 Å². The molecule has 0 spiro atoms. The monoisotopic (exact) mass is 349 g/mol. The Morgan fingerprint density at radius 3 is 2.50 bits per heavy atom. The molecule has 2 aliphatic heterocycles. The van der Waals surface area contributed by atoms with E-state index in [4.69, 9.17) is 4.42 Å². The van der Waals surface area contributed by atoms with E-state index in [9.17, 15) is 8.42 Å². The molecule has 0 unspecified atom stereocenters. The molecule has 3 heterocycles. The minimum absolute atomic E-state index is 0.362. The molecule has 2 aliphatic rings. The topological polar surface area (TPSA) is 66.7 Å². The lowest BCUT2D eigenvalue weighted by molar-refractivity contribution is 0.208. The molecule has 2 fully saturated rings. The first-order chi connectivity index (χ1) is 11.6. The van der Waals surface area contributed by atoms with E-state index < -0.39 is 9.84 Å². The normalized spacial score (nSPS) is 22.9. The van der Waals surface area contributed by atoms with Crippen molar-refractivity contribution in [3.8, 4) is 0 Å². The fourth-order valence-electron chi connectivity index (χ4n) is 3.60. The average Bonchev–Trinajstić information content (AvgIpc) is 3.01. The van der Waals surface area contributed by atoms with Gasteiger partial charge in [0.2, 0.25) is 0 Å². The van der Waals surface area contributed by atoms with E-state index in [1.165, 1.54) is 0 Å². The molecule has 6 nitrogen and oxygen atoms in total. The zero-order valence-corrected chi connectivity index (χ0v) is 14.5. The van der Waals surface area contributed by atoms with Gasteiger partial charge in [-0.3, -0.25) is 4.90 Å². The van der Waals surface area contributed by atoms with E-state index in [-0.39, 0.29) is 0 Å². The highest BCUT2D eigenvalue weighted by molar-refractivity contribution is 7.91. The lowest BCUT2D eigenvalue weighted by Gasteiger charge is -2.36. The highest BCUT2D eigenvalue weighted by Crippen LogP contribution is 2.24. The zero-order chi connectivity index (χ0) is 16.6. The number of nitrogens with zero attached hydrogens (tertiary/aromatic N) is 3. The second-order valence-electron chi connectivity index (χ2n) is 6.85. The van der Waals surface area contributed by atoms with E-state index in [0.717, 1.165) is 56.7 Å². The minimum Gasteiger partial charge on any atom is -0.423 e. The third-order valence-electron chi connectivity index (χ3n) is 5.12. The first kappa shape index (κ1) is 15.9. The number of hydrogen-bond donors (Lipinski definition) is 0. The summed E-state index contributed by atoms with van der Waals surface area (Å²) in [5.41, 5.74) is 1.73. The van der Waals surface area contributed by atoms with Crippen LogP contribution in [0.2, 0.25) is 0 Å². The Morgan fingerprint density at radius 1 is 1.08 bits per heavy atom. The molecule has 0 amide bonds. The highest BCUT2D eigenvalue weighted by atomic mass is 32.2. The summed E-state index contributed by atoms with van der Waals surface area (Å²) in [6.07, 6.45) is 1.63. The molecule has 0 aliphatic carbocycles. The van der Waals surface area contributed by atoms with Crippen LogP contribution in [0.1, 0.15) is 12.8 Å². The maximum atomic E-state index is 11.5. The third-order valence-corrected chi connectivity index (χ3v) is 6.83. The van der Waals surface area contributed by atoms with Crippen LogP contribution in [0.3, 0.4) is 0 Å². The second-order valence-corrected chi connectivity index (χ2v) is 9.15. The predicted octanol–water partition coefficient (Wildman–Crippen LogP) is 1.77. The van der Waals surface area contributed by atoms with Crippen LogP contribution in [0.4, 0.5) is 6.01 Å². The molecule has 0 bridgehead atoms. The highest BCUT2D eigenvalue weighted by Gasteiger charge is 2.27. The van der Waals surface area contributed by atoms with Crippen LogP contribution < -0.4 is 4.90 Å². The van der Waals surface area contributed by atoms with Crippen molar-refractivity contribution in [3.05, 3.63) is 24.3 Å². The van der Waals surface area contributed by atoms with E-state index in [1.807, 2.05) is 24.3 Å². The summed E-state index contributed by atoms with van der Waals surface area (Å²) in [4.78, 5) is 9.21. The molecule has 0 saturated carbocycles. The number of hydrogen-bond acceptors (Lipinski definition) is 6. The van der Waals surface area contributed by atoms with Crippen LogP contribution in [0.5, 0.6) is 0 Å². The maximum Gasteiger partial charge on any atom is 0.298 e. The van der Waals surface area contributed by atoms with Gasteiger partial charge in [0.25, 0.3) is 6.01 Å². The van der Waals surface area contributed by atoms with Gasteiger partial charge in [0.1, 0.15) is 15.4 Å².